The molecule has 19 heavy (non-hydrogen) atoms. The number of aliphatic carboxylic acids is 1. The van der Waals surface area contributed by atoms with E-state index >= 15 is 0 Å². The second-order valence-corrected chi connectivity index (χ2v) is 6.11. The van der Waals surface area contributed by atoms with Crippen molar-refractivity contribution in [2.24, 2.45) is 0 Å². The number of hydrogen-bond acceptors (Lipinski definition) is 3. The Balaban J connectivity index is 1.75. The average molecular weight is 278 g/mol. The minimum atomic E-state index is -0.719. The molecule has 0 radical (unpaired) electrons. The van der Waals surface area contributed by atoms with Gasteiger partial charge in [0.25, 0.3) is 0 Å². The highest BCUT2D eigenvalue weighted by atomic mass is 32.1. The number of rotatable bonds is 5. The second kappa shape index (κ2) is 5.33. The molecule has 0 atom stereocenters. The molecule has 1 fully saturated rings. The first-order valence-corrected chi connectivity index (χ1v) is 7.79. The second-order valence-electron chi connectivity index (χ2n) is 5.27. The number of carboxylic acids is 1. The van der Waals surface area contributed by atoms with Gasteiger partial charge in [0, 0.05) is 29.6 Å². The number of aryl methyl sites for hydroxylation is 1. The highest BCUT2D eigenvalue weighted by Crippen LogP contribution is 2.34. The number of thiazole rings is 1. The minimum absolute atomic E-state index is 0.238. The summed E-state index contributed by atoms with van der Waals surface area (Å²) in [4.78, 5) is 16.3. The summed E-state index contributed by atoms with van der Waals surface area (Å²) >= 11 is 1.66. The Morgan fingerprint density at radius 3 is 3.00 bits per heavy atom. The summed E-state index contributed by atoms with van der Waals surface area (Å²) in [6.45, 7) is 0. The van der Waals surface area contributed by atoms with Crippen molar-refractivity contribution in [1.82, 2.24) is 9.38 Å². The van der Waals surface area contributed by atoms with Gasteiger partial charge in [-0.1, -0.05) is 12.8 Å². The zero-order valence-electron chi connectivity index (χ0n) is 10.8. The molecule has 5 heteroatoms. The molecule has 102 valence electrons. The van der Waals surface area contributed by atoms with Gasteiger partial charge in [-0.25, -0.2) is 4.98 Å². The van der Waals surface area contributed by atoms with Crippen LogP contribution in [0.2, 0.25) is 0 Å². The van der Waals surface area contributed by atoms with Crippen LogP contribution < -0.4 is 0 Å². The topological polar surface area (TPSA) is 54.6 Å². The third-order valence-electron chi connectivity index (χ3n) is 3.90. The molecule has 1 saturated carbocycles. The fraction of sp³-hybridized carbons (Fsp3) is 0.571. The van der Waals surface area contributed by atoms with Crippen molar-refractivity contribution in [3.63, 3.8) is 0 Å². The molecular weight excluding hydrogens is 260 g/mol. The summed E-state index contributed by atoms with van der Waals surface area (Å²) in [5.74, 6) is -0.0808. The Hall–Kier alpha value is -1.36. The van der Waals surface area contributed by atoms with Crippen molar-refractivity contribution >= 4 is 22.3 Å². The average Bonchev–Trinajstić information content (AvgIpc) is 3.03. The summed E-state index contributed by atoms with van der Waals surface area (Å²) in [7, 11) is 0. The van der Waals surface area contributed by atoms with Gasteiger partial charge in [0.05, 0.1) is 5.69 Å². The normalized spacial score (nSPS) is 16.4. The highest BCUT2D eigenvalue weighted by Gasteiger charge is 2.20. The fourth-order valence-electron chi connectivity index (χ4n) is 2.87. The summed E-state index contributed by atoms with van der Waals surface area (Å²) in [5, 5.41) is 10.8. The summed E-state index contributed by atoms with van der Waals surface area (Å²) in [5.41, 5.74) is 2.42. The lowest BCUT2D eigenvalue weighted by Gasteiger charge is -2.03. The van der Waals surface area contributed by atoms with E-state index in [1.165, 1.54) is 37.1 Å². The zero-order valence-corrected chi connectivity index (χ0v) is 11.7. The van der Waals surface area contributed by atoms with E-state index in [9.17, 15) is 4.79 Å². The molecule has 1 aliphatic rings. The fourth-order valence-corrected chi connectivity index (χ4v) is 3.78. The Morgan fingerprint density at radius 2 is 2.26 bits per heavy atom. The Labute approximate surface area is 116 Å². The van der Waals surface area contributed by atoms with Crippen LogP contribution in [0.25, 0.3) is 4.96 Å². The SMILES string of the molecule is O=C(O)CCCc1csc2nc(C3CCCC3)cn12. The minimum Gasteiger partial charge on any atom is -0.481 e. The molecule has 0 amide bonds. The van der Waals surface area contributed by atoms with Crippen molar-refractivity contribution in [2.75, 3.05) is 0 Å². The van der Waals surface area contributed by atoms with E-state index in [0.717, 1.165) is 11.4 Å². The van der Waals surface area contributed by atoms with Crippen molar-refractivity contribution < 1.29 is 9.90 Å². The van der Waals surface area contributed by atoms with Gasteiger partial charge in [-0.05, 0) is 25.7 Å². The standard InChI is InChI=1S/C14H18N2O2S/c17-13(18)7-3-6-11-9-19-14-15-12(8-16(11)14)10-4-1-2-5-10/h8-10H,1-7H2,(H,17,18). The third kappa shape index (κ3) is 2.66. The maximum absolute atomic E-state index is 10.6. The molecule has 2 aromatic rings. The molecule has 0 spiro atoms. The molecule has 1 N–H and O–H groups in total. The first-order chi connectivity index (χ1) is 9.24. The number of aromatic nitrogens is 2. The van der Waals surface area contributed by atoms with E-state index < -0.39 is 5.97 Å². The molecule has 0 bridgehead atoms. The Morgan fingerprint density at radius 1 is 1.47 bits per heavy atom. The van der Waals surface area contributed by atoms with Gasteiger partial charge in [0.1, 0.15) is 0 Å². The Bertz CT molecular complexity index is 581. The zero-order chi connectivity index (χ0) is 13.2. The molecular formula is C14H18N2O2S. The van der Waals surface area contributed by atoms with E-state index in [0.29, 0.717) is 12.3 Å². The monoisotopic (exact) mass is 278 g/mol. The van der Waals surface area contributed by atoms with Crippen LogP contribution in [0.1, 0.15) is 55.8 Å². The molecule has 0 aliphatic heterocycles. The smallest absolute Gasteiger partial charge is 0.303 e. The van der Waals surface area contributed by atoms with Crippen LogP contribution in [0.15, 0.2) is 11.6 Å². The predicted octanol–water partition coefficient (Wildman–Crippen LogP) is 3.46. The molecule has 1 aliphatic carbocycles. The number of nitrogens with zero attached hydrogens (tertiary/aromatic N) is 2. The van der Waals surface area contributed by atoms with Crippen molar-refractivity contribution in [3.8, 4) is 0 Å². The predicted molar refractivity (Wildman–Crippen MR) is 74.9 cm³/mol. The van der Waals surface area contributed by atoms with Crippen LogP contribution in [-0.4, -0.2) is 20.5 Å². The van der Waals surface area contributed by atoms with E-state index in [2.05, 4.69) is 16.0 Å². The number of carbonyl (C=O) groups is 1. The Kier molecular flexibility index (Phi) is 3.55. The number of hydrogen-bond donors (Lipinski definition) is 1. The van der Waals surface area contributed by atoms with Gasteiger partial charge in [-0.3, -0.25) is 9.20 Å². The molecule has 0 saturated heterocycles. The van der Waals surface area contributed by atoms with Crippen LogP contribution in [-0.2, 0) is 11.2 Å². The van der Waals surface area contributed by atoms with Crippen LogP contribution >= 0.6 is 11.3 Å². The number of fused-ring (bicyclic) bond motifs is 1. The van der Waals surface area contributed by atoms with E-state index in [4.69, 9.17) is 10.1 Å². The lowest BCUT2D eigenvalue weighted by Crippen LogP contribution is -1.97. The molecule has 3 rings (SSSR count). The maximum Gasteiger partial charge on any atom is 0.303 e. The van der Waals surface area contributed by atoms with Gasteiger partial charge in [-0.15, -0.1) is 11.3 Å². The van der Waals surface area contributed by atoms with Gasteiger partial charge < -0.3 is 5.11 Å². The molecule has 2 heterocycles. The first-order valence-electron chi connectivity index (χ1n) is 6.91. The maximum atomic E-state index is 10.6. The van der Waals surface area contributed by atoms with E-state index in [1.54, 1.807) is 11.3 Å². The molecule has 4 nitrogen and oxygen atoms in total. The van der Waals surface area contributed by atoms with Gasteiger partial charge in [0.2, 0.25) is 0 Å². The van der Waals surface area contributed by atoms with Crippen LogP contribution in [0.5, 0.6) is 0 Å². The largest absolute Gasteiger partial charge is 0.481 e. The summed E-state index contributed by atoms with van der Waals surface area (Å²) < 4.78 is 2.15. The summed E-state index contributed by atoms with van der Waals surface area (Å²) in [6, 6.07) is 0. The van der Waals surface area contributed by atoms with E-state index in [-0.39, 0.29) is 6.42 Å². The lowest BCUT2D eigenvalue weighted by atomic mass is 10.1. The third-order valence-corrected chi connectivity index (χ3v) is 4.79. The number of imidazole rings is 1. The van der Waals surface area contributed by atoms with Gasteiger partial charge in [0.15, 0.2) is 4.96 Å². The summed E-state index contributed by atoms with van der Waals surface area (Å²) in [6.07, 6.45) is 9.07. The van der Waals surface area contributed by atoms with Crippen LogP contribution in [0, 0.1) is 0 Å². The number of carboxylic acid groups (broad SMARTS) is 1. The molecule has 0 unspecified atom stereocenters. The first kappa shape index (κ1) is 12.7. The van der Waals surface area contributed by atoms with Crippen molar-refractivity contribution in [3.05, 3.63) is 23.0 Å². The van der Waals surface area contributed by atoms with Crippen LogP contribution in [0.4, 0.5) is 0 Å². The van der Waals surface area contributed by atoms with Crippen LogP contribution in [0.3, 0.4) is 0 Å². The van der Waals surface area contributed by atoms with Gasteiger partial charge in [-0.2, -0.15) is 0 Å². The highest BCUT2D eigenvalue weighted by molar-refractivity contribution is 7.15. The lowest BCUT2D eigenvalue weighted by molar-refractivity contribution is -0.137. The van der Waals surface area contributed by atoms with Crippen molar-refractivity contribution in [1.29, 1.82) is 0 Å². The van der Waals surface area contributed by atoms with Gasteiger partial charge >= 0.3 is 5.97 Å². The molecule has 2 aromatic heterocycles. The van der Waals surface area contributed by atoms with E-state index in [1.807, 2.05) is 0 Å². The van der Waals surface area contributed by atoms with Crippen molar-refractivity contribution in [2.45, 2.75) is 50.9 Å². The molecule has 0 aromatic carbocycles. The quantitative estimate of drug-likeness (QED) is 0.911.